The number of hydrogen-bond donors (Lipinski definition) is 1. The second-order valence-electron chi connectivity index (χ2n) is 5.61. The number of ether oxygens (including phenoxy) is 1. The summed E-state index contributed by atoms with van der Waals surface area (Å²) in [6.45, 7) is 3.72. The van der Waals surface area contributed by atoms with E-state index in [2.05, 4.69) is 6.58 Å². The van der Waals surface area contributed by atoms with Crippen LogP contribution in [0.15, 0.2) is 55.1 Å². The molecule has 6 nitrogen and oxygen atoms in total. The molecule has 1 aliphatic heterocycles. The van der Waals surface area contributed by atoms with Gasteiger partial charge in [0.25, 0.3) is 5.91 Å². The van der Waals surface area contributed by atoms with Crippen molar-refractivity contribution in [2.24, 2.45) is 5.73 Å². The number of amides is 2. The third kappa shape index (κ3) is 3.28. The summed E-state index contributed by atoms with van der Waals surface area (Å²) < 4.78 is 5.20. The molecule has 3 rings (SSSR count). The molecule has 2 aromatic carbocycles. The molecule has 6 heteroatoms. The normalized spacial score (nSPS) is 12.9. The molecule has 0 fully saturated rings. The number of primary amides is 1. The second-order valence-corrected chi connectivity index (χ2v) is 5.61. The highest BCUT2D eigenvalue weighted by molar-refractivity contribution is 6.10. The number of fused-ring (bicyclic) bond motifs is 1. The summed E-state index contributed by atoms with van der Waals surface area (Å²) in [4.78, 5) is 36.7. The van der Waals surface area contributed by atoms with Gasteiger partial charge in [-0.25, -0.2) is 0 Å². The first kappa shape index (κ1) is 16.4. The van der Waals surface area contributed by atoms with Gasteiger partial charge in [-0.2, -0.15) is 0 Å². The van der Waals surface area contributed by atoms with Crippen molar-refractivity contribution in [3.05, 3.63) is 77.4 Å². The van der Waals surface area contributed by atoms with Gasteiger partial charge in [0.2, 0.25) is 5.91 Å². The molecular weight excluding hydrogens is 320 g/mol. The van der Waals surface area contributed by atoms with Crippen LogP contribution >= 0.6 is 0 Å². The van der Waals surface area contributed by atoms with Crippen LogP contribution in [0.1, 0.15) is 31.8 Å². The monoisotopic (exact) mass is 336 g/mol. The van der Waals surface area contributed by atoms with Gasteiger partial charge in [-0.15, -0.1) is 0 Å². The van der Waals surface area contributed by atoms with E-state index in [1.165, 1.54) is 4.90 Å². The van der Waals surface area contributed by atoms with Crippen LogP contribution in [-0.4, -0.2) is 29.2 Å². The largest absolute Gasteiger partial charge is 0.459 e. The highest BCUT2D eigenvalue weighted by Crippen LogP contribution is 2.30. The molecule has 0 spiro atoms. The first-order valence-electron chi connectivity index (χ1n) is 7.62. The molecule has 0 unspecified atom stereocenters. The van der Waals surface area contributed by atoms with E-state index < -0.39 is 11.9 Å². The van der Waals surface area contributed by atoms with Crippen molar-refractivity contribution in [2.75, 3.05) is 6.54 Å². The van der Waals surface area contributed by atoms with E-state index in [4.69, 9.17) is 10.5 Å². The SMILES string of the molecule is C=C1c2ccccc2C(=O)N1CC(=O)OCc1ccc(C(N)=O)cc1. The first-order valence-corrected chi connectivity index (χ1v) is 7.62. The molecule has 126 valence electrons. The Labute approximate surface area is 144 Å². The minimum atomic E-state index is -0.540. The van der Waals surface area contributed by atoms with E-state index in [0.29, 0.717) is 22.4 Å². The number of rotatable bonds is 5. The smallest absolute Gasteiger partial charge is 0.326 e. The van der Waals surface area contributed by atoms with Crippen LogP contribution in [0.4, 0.5) is 0 Å². The molecule has 0 saturated heterocycles. The summed E-state index contributed by atoms with van der Waals surface area (Å²) in [5.74, 6) is -1.32. The number of hydrogen-bond acceptors (Lipinski definition) is 4. The lowest BCUT2D eigenvalue weighted by Gasteiger charge is -2.16. The second kappa shape index (κ2) is 6.60. The van der Waals surface area contributed by atoms with Gasteiger partial charge in [-0.05, 0) is 23.8 Å². The fourth-order valence-corrected chi connectivity index (χ4v) is 2.61. The van der Waals surface area contributed by atoms with Crippen LogP contribution in [-0.2, 0) is 16.1 Å². The van der Waals surface area contributed by atoms with Gasteiger partial charge >= 0.3 is 5.97 Å². The highest BCUT2D eigenvalue weighted by atomic mass is 16.5. The minimum Gasteiger partial charge on any atom is -0.459 e. The molecule has 1 aliphatic rings. The lowest BCUT2D eigenvalue weighted by atomic mass is 10.1. The van der Waals surface area contributed by atoms with E-state index in [-0.39, 0.29) is 19.1 Å². The maximum Gasteiger partial charge on any atom is 0.326 e. The molecule has 2 amide bonds. The molecule has 0 aromatic heterocycles. The molecule has 2 aromatic rings. The van der Waals surface area contributed by atoms with E-state index in [1.54, 1.807) is 42.5 Å². The maximum atomic E-state index is 12.3. The van der Waals surface area contributed by atoms with E-state index in [0.717, 1.165) is 5.56 Å². The Hall–Kier alpha value is -3.41. The summed E-state index contributed by atoms with van der Waals surface area (Å²) >= 11 is 0. The number of esters is 1. The summed E-state index contributed by atoms with van der Waals surface area (Å²) in [7, 11) is 0. The fourth-order valence-electron chi connectivity index (χ4n) is 2.61. The van der Waals surface area contributed by atoms with Crippen molar-refractivity contribution in [1.82, 2.24) is 4.90 Å². The Bertz CT molecular complexity index is 836. The van der Waals surface area contributed by atoms with Crippen LogP contribution in [0.2, 0.25) is 0 Å². The molecular formula is C19H16N2O4. The van der Waals surface area contributed by atoms with Gasteiger partial charge in [0, 0.05) is 22.4 Å². The standard InChI is InChI=1S/C19H16N2O4/c1-12-15-4-2-3-5-16(15)19(24)21(12)10-17(22)25-11-13-6-8-14(9-7-13)18(20)23/h2-9H,1,10-11H2,(H2,20,23). The van der Waals surface area contributed by atoms with Gasteiger partial charge in [0.05, 0.1) is 0 Å². The number of carbonyl (C=O) groups excluding carboxylic acids is 3. The molecule has 1 heterocycles. The first-order chi connectivity index (χ1) is 12.0. The Kier molecular flexibility index (Phi) is 4.35. The quantitative estimate of drug-likeness (QED) is 0.845. The number of nitrogens with two attached hydrogens (primary N) is 1. The van der Waals surface area contributed by atoms with Crippen molar-refractivity contribution < 1.29 is 19.1 Å². The summed E-state index contributed by atoms with van der Waals surface area (Å²) in [6.07, 6.45) is 0. The van der Waals surface area contributed by atoms with Gasteiger partial charge < -0.3 is 10.5 Å². The Morgan fingerprint density at radius 3 is 2.28 bits per heavy atom. The molecule has 0 bridgehead atoms. The molecule has 0 saturated carbocycles. The molecule has 0 radical (unpaired) electrons. The predicted molar refractivity (Wildman–Crippen MR) is 91.3 cm³/mol. The Morgan fingerprint density at radius 2 is 1.68 bits per heavy atom. The van der Waals surface area contributed by atoms with Gasteiger partial charge in [0.15, 0.2) is 0 Å². The molecule has 2 N–H and O–H groups in total. The lowest BCUT2D eigenvalue weighted by Crippen LogP contribution is -2.30. The molecule has 25 heavy (non-hydrogen) atoms. The van der Waals surface area contributed by atoms with E-state index in [9.17, 15) is 14.4 Å². The topological polar surface area (TPSA) is 89.7 Å². The third-order valence-electron chi connectivity index (χ3n) is 3.96. The molecule has 0 aliphatic carbocycles. The summed E-state index contributed by atoms with van der Waals surface area (Å²) in [5, 5.41) is 0. The van der Waals surface area contributed by atoms with Crippen LogP contribution in [0.25, 0.3) is 5.70 Å². The molecule has 0 atom stereocenters. The third-order valence-corrected chi connectivity index (χ3v) is 3.96. The van der Waals surface area contributed by atoms with Gasteiger partial charge in [0.1, 0.15) is 13.2 Å². The number of carbonyl (C=O) groups is 3. The number of benzene rings is 2. The van der Waals surface area contributed by atoms with Crippen molar-refractivity contribution in [3.8, 4) is 0 Å². The average Bonchev–Trinajstić information content (AvgIpc) is 2.86. The van der Waals surface area contributed by atoms with Crippen LogP contribution in [0, 0.1) is 0 Å². The van der Waals surface area contributed by atoms with E-state index in [1.807, 2.05) is 6.07 Å². The Balaban J connectivity index is 1.59. The van der Waals surface area contributed by atoms with Crippen molar-refractivity contribution >= 4 is 23.5 Å². The van der Waals surface area contributed by atoms with Gasteiger partial charge in [-0.3, -0.25) is 19.3 Å². The van der Waals surface area contributed by atoms with Crippen LogP contribution in [0.3, 0.4) is 0 Å². The fraction of sp³-hybridized carbons (Fsp3) is 0.105. The van der Waals surface area contributed by atoms with Gasteiger partial charge in [-0.1, -0.05) is 36.9 Å². The van der Waals surface area contributed by atoms with Crippen LogP contribution in [0.5, 0.6) is 0 Å². The Morgan fingerprint density at radius 1 is 1.04 bits per heavy atom. The zero-order chi connectivity index (χ0) is 18.0. The lowest BCUT2D eigenvalue weighted by molar-refractivity contribution is -0.145. The van der Waals surface area contributed by atoms with Crippen molar-refractivity contribution in [1.29, 1.82) is 0 Å². The van der Waals surface area contributed by atoms with Crippen molar-refractivity contribution in [2.45, 2.75) is 6.61 Å². The highest BCUT2D eigenvalue weighted by Gasteiger charge is 2.32. The van der Waals surface area contributed by atoms with Crippen LogP contribution < -0.4 is 5.73 Å². The maximum absolute atomic E-state index is 12.3. The van der Waals surface area contributed by atoms with E-state index >= 15 is 0 Å². The summed E-state index contributed by atoms with van der Waals surface area (Å²) in [5.41, 5.74) is 8.01. The predicted octanol–water partition coefficient (Wildman–Crippen LogP) is 1.96. The zero-order valence-corrected chi connectivity index (χ0v) is 13.4. The van der Waals surface area contributed by atoms with Crippen molar-refractivity contribution in [3.63, 3.8) is 0 Å². The average molecular weight is 336 g/mol. The summed E-state index contributed by atoms with van der Waals surface area (Å²) in [6, 6.07) is 13.5. The number of nitrogens with zero attached hydrogens (tertiary/aromatic N) is 1. The minimum absolute atomic E-state index is 0.0410. The zero-order valence-electron chi connectivity index (χ0n) is 13.4.